The quantitative estimate of drug-likeness (QED) is 0.896. The van der Waals surface area contributed by atoms with Crippen LogP contribution >= 0.6 is 11.6 Å². The number of halogens is 3. The van der Waals surface area contributed by atoms with Gasteiger partial charge in [-0.15, -0.1) is 0 Å². The van der Waals surface area contributed by atoms with Gasteiger partial charge in [-0.3, -0.25) is 0 Å². The molecule has 2 aromatic carbocycles. The van der Waals surface area contributed by atoms with E-state index in [0.29, 0.717) is 22.8 Å². The SMILES string of the molecule is CNC(Cc1ccc(F)cc1F)c1cc(Cl)ccc1OC. The number of hydrogen-bond donors (Lipinski definition) is 1. The highest BCUT2D eigenvalue weighted by molar-refractivity contribution is 6.30. The van der Waals surface area contributed by atoms with Crippen LogP contribution < -0.4 is 10.1 Å². The number of benzene rings is 2. The Bertz CT molecular complexity index is 634. The summed E-state index contributed by atoms with van der Waals surface area (Å²) in [6.45, 7) is 0. The molecule has 0 aliphatic carbocycles. The molecule has 21 heavy (non-hydrogen) atoms. The van der Waals surface area contributed by atoms with Gasteiger partial charge in [0.05, 0.1) is 7.11 Å². The van der Waals surface area contributed by atoms with Crippen molar-refractivity contribution in [2.45, 2.75) is 12.5 Å². The second-order valence-electron chi connectivity index (χ2n) is 4.67. The van der Waals surface area contributed by atoms with Crippen molar-refractivity contribution < 1.29 is 13.5 Å². The Labute approximate surface area is 127 Å². The fraction of sp³-hybridized carbons (Fsp3) is 0.250. The monoisotopic (exact) mass is 311 g/mol. The van der Waals surface area contributed by atoms with Crippen molar-refractivity contribution in [3.05, 3.63) is 64.2 Å². The zero-order chi connectivity index (χ0) is 15.4. The highest BCUT2D eigenvalue weighted by atomic mass is 35.5. The van der Waals surface area contributed by atoms with Gasteiger partial charge in [0.1, 0.15) is 17.4 Å². The second kappa shape index (κ2) is 6.87. The molecular formula is C16H16ClF2NO. The highest BCUT2D eigenvalue weighted by Gasteiger charge is 2.17. The highest BCUT2D eigenvalue weighted by Crippen LogP contribution is 2.30. The number of methoxy groups -OCH3 is 1. The third-order valence-corrected chi connectivity index (χ3v) is 3.59. The van der Waals surface area contributed by atoms with Gasteiger partial charge in [0.2, 0.25) is 0 Å². The van der Waals surface area contributed by atoms with Crippen LogP contribution in [0.15, 0.2) is 36.4 Å². The molecule has 0 saturated heterocycles. The molecule has 0 radical (unpaired) electrons. The smallest absolute Gasteiger partial charge is 0.129 e. The minimum Gasteiger partial charge on any atom is -0.496 e. The molecule has 0 saturated carbocycles. The number of ether oxygens (including phenoxy) is 1. The first-order chi connectivity index (χ1) is 10.0. The predicted molar refractivity (Wildman–Crippen MR) is 79.9 cm³/mol. The van der Waals surface area contributed by atoms with E-state index < -0.39 is 11.6 Å². The molecule has 1 unspecified atom stereocenters. The lowest BCUT2D eigenvalue weighted by Crippen LogP contribution is -2.20. The summed E-state index contributed by atoms with van der Waals surface area (Å²) in [5.74, 6) is -0.477. The Morgan fingerprint density at radius 1 is 1.19 bits per heavy atom. The molecule has 0 spiro atoms. The summed E-state index contributed by atoms with van der Waals surface area (Å²) < 4.78 is 32.1. The average molecular weight is 312 g/mol. The van der Waals surface area contributed by atoms with Crippen LogP contribution in [0.3, 0.4) is 0 Å². The first-order valence-electron chi connectivity index (χ1n) is 6.49. The normalized spacial score (nSPS) is 12.2. The molecule has 0 bridgehead atoms. The largest absolute Gasteiger partial charge is 0.496 e. The van der Waals surface area contributed by atoms with Gasteiger partial charge in [0.25, 0.3) is 0 Å². The molecule has 0 amide bonds. The van der Waals surface area contributed by atoms with Gasteiger partial charge in [0.15, 0.2) is 0 Å². The molecule has 2 nitrogen and oxygen atoms in total. The first-order valence-corrected chi connectivity index (χ1v) is 6.87. The average Bonchev–Trinajstić information content (AvgIpc) is 2.46. The zero-order valence-electron chi connectivity index (χ0n) is 11.8. The van der Waals surface area contributed by atoms with E-state index in [0.717, 1.165) is 11.6 Å². The van der Waals surface area contributed by atoms with Gasteiger partial charge in [0, 0.05) is 22.7 Å². The van der Waals surface area contributed by atoms with Crippen LogP contribution in [0.1, 0.15) is 17.2 Å². The summed E-state index contributed by atoms with van der Waals surface area (Å²) in [5.41, 5.74) is 1.26. The maximum absolute atomic E-state index is 13.8. The molecule has 0 fully saturated rings. The molecule has 0 aliphatic heterocycles. The number of hydrogen-bond acceptors (Lipinski definition) is 2. The maximum Gasteiger partial charge on any atom is 0.129 e. The summed E-state index contributed by atoms with van der Waals surface area (Å²) in [6, 6.07) is 8.67. The van der Waals surface area contributed by atoms with E-state index in [4.69, 9.17) is 16.3 Å². The maximum atomic E-state index is 13.8. The van der Waals surface area contributed by atoms with Crippen LogP contribution in [0.25, 0.3) is 0 Å². The van der Waals surface area contributed by atoms with E-state index in [1.54, 1.807) is 32.4 Å². The lowest BCUT2D eigenvalue weighted by molar-refractivity contribution is 0.400. The summed E-state index contributed by atoms with van der Waals surface area (Å²) in [4.78, 5) is 0. The van der Waals surface area contributed by atoms with Crippen LogP contribution in [-0.4, -0.2) is 14.2 Å². The summed E-state index contributed by atoms with van der Waals surface area (Å²) in [5, 5.41) is 3.69. The van der Waals surface area contributed by atoms with Gasteiger partial charge in [-0.05, 0) is 43.3 Å². The molecule has 0 aliphatic rings. The van der Waals surface area contributed by atoms with E-state index in [1.165, 1.54) is 12.1 Å². The molecule has 2 aromatic rings. The molecule has 1 N–H and O–H groups in total. The third-order valence-electron chi connectivity index (χ3n) is 3.35. The Balaban J connectivity index is 2.34. The summed E-state index contributed by atoms with van der Waals surface area (Å²) >= 11 is 6.02. The van der Waals surface area contributed by atoms with Crippen LogP contribution in [0.5, 0.6) is 5.75 Å². The van der Waals surface area contributed by atoms with E-state index in [1.807, 2.05) is 0 Å². The van der Waals surface area contributed by atoms with Crippen molar-refractivity contribution in [1.29, 1.82) is 0 Å². The number of rotatable bonds is 5. The minimum atomic E-state index is -0.586. The lowest BCUT2D eigenvalue weighted by atomic mass is 9.97. The van der Waals surface area contributed by atoms with Crippen LogP contribution in [0.2, 0.25) is 5.02 Å². The van der Waals surface area contributed by atoms with Crippen molar-refractivity contribution in [3.8, 4) is 5.75 Å². The Morgan fingerprint density at radius 3 is 2.57 bits per heavy atom. The second-order valence-corrected chi connectivity index (χ2v) is 5.10. The topological polar surface area (TPSA) is 21.3 Å². The molecule has 0 heterocycles. The lowest BCUT2D eigenvalue weighted by Gasteiger charge is -2.20. The number of nitrogens with one attached hydrogen (secondary N) is 1. The standard InChI is InChI=1S/C16H16ClF2NO/c1-20-15(7-10-3-5-12(18)9-14(10)19)13-8-11(17)4-6-16(13)21-2/h3-6,8-9,15,20H,7H2,1-2H3. The van der Waals surface area contributed by atoms with E-state index >= 15 is 0 Å². The Kier molecular flexibility index (Phi) is 5.15. The van der Waals surface area contributed by atoms with Gasteiger partial charge in [-0.2, -0.15) is 0 Å². The van der Waals surface area contributed by atoms with Crippen LogP contribution in [-0.2, 0) is 6.42 Å². The third kappa shape index (κ3) is 3.71. The van der Waals surface area contributed by atoms with E-state index in [2.05, 4.69) is 5.32 Å². The van der Waals surface area contributed by atoms with Crippen molar-refractivity contribution in [3.63, 3.8) is 0 Å². The molecule has 1 atom stereocenters. The van der Waals surface area contributed by atoms with Gasteiger partial charge < -0.3 is 10.1 Å². The van der Waals surface area contributed by atoms with Crippen LogP contribution in [0, 0.1) is 11.6 Å². The van der Waals surface area contributed by atoms with Gasteiger partial charge >= 0.3 is 0 Å². The molecule has 5 heteroatoms. The Morgan fingerprint density at radius 2 is 1.95 bits per heavy atom. The fourth-order valence-electron chi connectivity index (χ4n) is 2.25. The van der Waals surface area contributed by atoms with Crippen molar-refractivity contribution in [2.24, 2.45) is 0 Å². The fourth-order valence-corrected chi connectivity index (χ4v) is 2.43. The summed E-state index contributed by atoms with van der Waals surface area (Å²) in [7, 11) is 3.34. The van der Waals surface area contributed by atoms with Gasteiger partial charge in [-0.1, -0.05) is 17.7 Å². The molecule has 2 rings (SSSR count). The molecule has 0 aromatic heterocycles. The predicted octanol–water partition coefficient (Wildman–Crippen LogP) is 4.13. The minimum absolute atomic E-state index is 0.196. The van der Waals surface area contributed by atoms with Gasteiger partial charge in [-0.25, -0.2) is 8.78 Å². The van der Waals surface area contributed by atoms with E-state index in [9.17, 15) is 8.78 Å². The zero-order valence-corrected chi connectivity index (χ0v) is 12.5. The van der Waals surface area contributed by atoms with Crippen molar-refractivity contribution in [1.82, 2.24) is 5.32 Å². The molecule has 112 valence electrons. The summed E-state index contributed by atoms with van der Waals surface area (Å²) in [6.07, 6.45) is 0.360. The number of likely N-dealkylation sites (N-methyl/N-ethyl adjacent to an activating group) is 1. The van der Waals surface area contributed by atoms with Crippen LogP contribution in [0.4, 0.5) is 8.78 Å². The van der Waals surface area contributed by atoms with Crippen molar-refractivity contribution in [2.75, 3.05) is 14.2 Å². The van der Waals surface area contributed by atoms with Crippen molar-refractivity contribution >= 4 is 11.6 Å². The molecular weight excluding hydrogens is 296 g/mol. The first kappa shape index (κ1) is 15.7. The Hall–Kier alpha value is -1.65. The van der Waals surface area contributed by atoms with E-state index in [-0.39, 0.29) is 6.04 Å².